The Balaban J connectivity index is 2.09. The lowest BCUT2D eigenvalue weighted by Crippen LogP contribution is -2.36. The maximum Gasteiger partial charge on any atom is 0.0473 e. The maximum absolute atomic E-state index is 6.15. The number of nitrogens with zero attached hydrogens (tertiary/aromatic N) is 2. The van der Waals surface area contributed by atoms with Crippen LogP contribution in [0.1, 0.15) is 49.3 Å². The summed E-state index contributed by atoms with van der Waals surface area (Å²) in [7, 11) is 4.28. The molecule has 0 heterocycles. The van der Waals surface area contributed by atoms with Gasteiger partial charge in [-0.1, -0.05) is 31.2 Å². The normalized spacial score (nSPS) is 16.7. The SMILES string of the molecule is CCN(CCCN(C)C)C(CN)c1ccccc1C1CC1. The van der Waals surface area contributed by atoms with E-state index in [1.165, 1.54) is 24.8 Å². The van der Waals surface area contributed by atoms with Gasteiger partial charge in [-0.2, -0.15) is 0 Å². The second kappa shape index (κ2) is 7.92. The van der Waals surface area contributed by atoms with Gasteiger partial charge in [0.1, 0.15) is 0 Å². The Morgan fingerprint density at radius 2 is 1.90 bits per heavy atom. The number of rotatable bonds is 9. The van der Waals surface area contributed by atoms with E-state index in [4.69, 9.17) is 5.73 Å². The van der Waals surface area contributed by atoms with E-state index in [0.29, 0.717) is 12.6 Å². The topological polar surface area (TPSA) is 32.5 Å². The Hall–Kier alpha value is -0.900. The Labute approximate surface area is 130 Å². The van der Waals surface area contributed by atoms with Crippen molar-refractivity contribution in [2.45, 2.75) is 38.1 Å². The van der Waals surface area contributed by atoms with Crippen molar-refractivity contribution in [1.82, 2.24) is 9.80 Å². The van der Waals surface area contributed by atoms with Crippen molar-refractivity contribution in [3.8, 4) is 0 Å². The molecule has 2 N–H and O–H groups in total. The van der Waals surface area contributed by atoms with Crippen LogP contribution in [0.5, 0.6) is 0 Å². The monoisotopic (exact) mass is 289 g/mol. The van der Waals surface area contributed by atoms with Crippen LogP contribution in [-0.4, -0.2) is 50.1 Å². The first-order chi connectivity index (χ1) is 10.2. The van der Waals surface area contributed by atoms with Crippen LogP contribution < -0.4 is 5.73 Å². The van der Waals surface area contributed by atoms with Crippen molar-refractivity contribution >= 4 is 0 Å². The molecule has 3 heteroatoms. The fourth-order valence-electron chi connectivity index (χ4n) is 3.18. The van der Waals surface area contributed by atoms with Crippen molar-refractivity contribution in [3.05, 3.63) is 35.4 Å². The summed E-state index contributed by atoms with van der Waals surface area (Å²) in [5, 5.41) is 0. The van der Waals surface area contributed by atoms with Crippen LogP contribution >= 0.6 is 0 Å². The van der Waals surface area contributed by atoms with Crippen molar-refractivity contribution < 1.29 is 0 Å². The van der Waals surface area contributed by atoms with Gasteiger partial charge < -0.3 is 10.6 Å². The molecule has 2 rings (SSSR count). The summed E-state index contributed by atoms with van der Waals surface area (Å²) in [4.78, 5) is 4.80. The second-order valence-electron chi connectivity index (χ2n) is 6.44. The molecule has 1 aliphatic carbocycles. The number of hydrogen-bond acceptors (Lipinski definition) is 3. The lowest BCUT2D eigenvalue weighted by atomic mass is 9.96. The van der Waals surface area contributed by atoms with Crippen LogP contribution in [0.2, 0.25) is 0 Å². The number of hydrogen-bond donors (Lipinski definition) is 1. The fraction of sp³-hybridized carbons (Fsp3) is 0.667. The van der Waals surface area contributed by atoms with E-state index < -0.39 is 0 Å². The van der Waals surface area contributed by atoms with Crippen molar-refractivity contribution in [1.29, 1.82) is 0 Å². The third-order valence-corrected chi connectivity index (χ3v) is 4.49. The Morgan fingerprint density at radius 1 is 1.19 bits per heavy atom. The molecule has 0 amide bonds. The minimum atomic E-state index is 0.369. The third kappa shape index (κ3) is 4.53. The highest BCUT2D eigenvalue weighted by atomic mass is 15.2. The number of likely N-dealkylation sites (N-methyl/N-ethyl adjacent to an activating group) is 1. The Bertz CT molecular complexity index is 426. The van der Waals surface area contributed by atoms with Crippen LogP contribution in [-0.2, 0) is 0 Å². The van der Waals surface area contributed by atoms with E-state index >= 15 is 0 Å². The highest BCUT2D eigenvalue weighted by Crippen LogP contribution is 2.43. The summed E-state index contributed by atoms with van der Waals surface area (Å²) in [6, 6.07) is 9.31. The molecule has 0 radical (unpaired) electrons. The summed E-state index contributed by atoms with van der Waals surface area (Å²) < 4.78 is 0. The van der Waals surface area contributed by atoms with Crippen LogP contribution in [0, 0.1) is 0 Å². The molecule has 0 spiro atoms. The van der Waals surface area contributed by atoms with Gasteiger partial charge in [-0.05, 0) is 63.5 Å². The lowest BCUT2D eigenvalue weighted by molar-refractivity contribution is 0.200. The fourth-order valence-corrected chi connectivity index (χ4v) is 3.18. The molecule has 1 saturated carbocycles. The van der Waals surface area contributed by atoms with E-state index in [1.54, 1.807) is 5.56 Å². The summed E-state index contributed by atoms with van der Waals surface area (Å²) >= 11 is 0. The minimum Gasteiger partial charge on any atom is -0.329 e. The van der Waals surface area contributed by atoms with Crippen molar-refractivity contribution in [2.24, 2.45) is 5.73 Å². The van der Waals surface area contributed by atoms with Gasteiger partial charge in [0.15, 0.2) is 0 Å². The first-order valence-corrected chi connectivity index (χ1v) is 8.35. The molecule has 3 nitrogen and oxygen atoms in total. The average molecular weight is 289 g/mol. The standard InChI is InChI=1S/C18H31N3/c1-4-21(13-7-12-20(2)3)18(14-19)17-9-6-5-8-16(17)15-10-11-15/h5-6,8-9,15,18H,4,7,10-14,19H2,1-3H3. The summed E-state index contributed by atoms with van der Waals surface area (Å²) in [5.74, 6) is 0.788. The van der Waals surface area contributed by atoms with E-state index in [9.17, 15) is 0 Å². The van der Waals surface area contributed by atoms with Gasteiger partial charge in [-0.25, -0.2) is 0 Å². The number of nitrogens with two attached hydrogens (primary N) is 1. The maximum atomic E-state index is 6.15. The molecule has 0 saturated heterocycles. The Morgan fingerprint density at radius 3 is 2.48 bits per heavy atom. The zero-order valence-corrected chi connectivity index (χ0v) is 13.9. The van der Waals surface area contributed by atoms with Crippen molar-refractivity contribution in [2.75, 3.05) is 40.3 Å². The lowest BCUT2D eigenvalue weighted by Gasteiger charge is -2.32. The zero-order chi connectivity index (χ0) is 15.2. The van der Waals surface area contributed by atoms with Gasteiger partial charge in [-0.3, -0.25) is 4.90 Å². The predicted octanol–water partition coefficient (Wildman–Crippen LogP) is 2.84. The van der Waals surface area contributed by atoms with Crippen molar-refractivity contribution in [3.63, 3.8) is 0 Å². The molecular weight excluding hydrogens is 258 g/mol. The van der Waals surface area contributed by atoms with Crippen LogP contribution in [0.15, 0.2) is 24.3 Å². The highest BCUT2D eigenvalue weighted by Gasteiger charge is 2.29. The van der Waals surface area contributed by atoms with E-state index in [2.05, 4.69) is 55.1 Å². The second-order valence-corrected chi connectivity index (χ2v) is 6.44. The predicted molar refractivity (Wildman–Crippen MR) is 90.6 cm³/mol. The van der Waals surface area contributed by atoms with E-state index in [1.807, 2.05) is 0 Å². The molecule has 1 fully saturated rings. The van der Waals surface area contributed by atoms with Crippen LogP contribution in [0.4, 0.5) is 0 Å². The van der Waals surface area contributed by atoms with Crippen LogP contribution in [0.3, 0.4) is 0 Å². The Kier molecular flexibility index (Phi) is 6.22. The first kappa shape index (κ1) is 16.5. The molecule has 1 unspecified atom stereocenters. The van der Waals surface area contributed by atoms with Gasteiger partial charge in [-0.15, -0.1) is 0 Å². The molecule has 21 heavy (non-hydrogen) atoms. The molecule has 118 valence electrons. The van der Waals surface area contributed by atoms with Gasteiger partial charge in [0.2, 0.25) is 0 Å². The van der Waals surface area contributed by atoms with E-state index in [-0.39, 0.29) is 0 Å². The molecule has 1 atom stereocenters. The molecule has 1 aromatic rings. The smallest absolute Gasteiger partial charge is 0.0473 e. The minimum absolute atomic E-state index is 0.369. The van der Waals surface area contributed by atoms with Gasteiger partial charge in [0, 0.05) is 19.1 Å². The molecular formula is C18H31N3. The largest absolute Gasteiger partial charge is 0.329 e. The molecule has 0 aliphatic heterocycles. The molecule has 0 aromatic heterocycles. The summed E-state index contributed by atoms with van der Waals surface area (Å²) in [5.41, 5.74) is 9.16. The first-order valence-electron chi connectivity index (χ1n) is 8.35. The zero-order valence-electron chi connectivity index (χ0n) is 13.9. The van der Waals surface area contributed by atoms with Crippen LogP contribution in [0.25, 0.3) is 0 Å². The van der Waals surface area contributed by atoms with Gasteiger partial charge in [0.05, 0.1) is 0 Å². The number of benzene rings is 1. The highest BCUT2D eigenvalue weighted by molar-refractivity contribution is 5.35. The quantitative estimate of drug-likeness (QED) is 0.759. The molecule has 1 aliphatic rings. The third-order valence-electron chi connectivity index (χ3n) is 4.49. The summed E-state index contributed by atoms with van der Waals surface area (Å²) in [6.07, 6.45) is 3.89. The molecule has 1 aromatic carbocycles. The summed E-state index contributed by atoms with van der Waals surface area (Å²) in [6.45, 7) is 6.28. The van der Waals surface area contributed by atoms with Gasteiger partial charge >= 0.3 is 0 Å². The average Bonchev–Trinajstić information content (AvgIpc) is 3.31. The van der Waals surface area contributed by atoms with E-state index in [0.717, 1.165) is 25.6 Å². The van der Waals surface area contributed by atoms with Gasteiger partial charge in [0.25, 0.3) is 0 Å². The molecule has 0 bridgehead atoms.